The molecule has 1 unspecified atom stereocenters. The van der Waals surface area contributed by atoms with Gasteiger partial charge in [0.25, 0.3) is 5.91 Å². The van der Waals surface area contributed by atoms with Crippen molar-refractivity contribution in [1.82, 2.24) is 9.80 Å². The molecule has 0 spiro atoms. The van der Waals surface area contributed by atoms with Crippen LogP contribution in [0, 0.1) is 5.82 Å². The van der Waals surface area contributed by atoms with Crippen molar-refractivity contribution >= 4 is 21.8 Å². The summed E-state index contributed by atoms with van der Waals surface area (Å²) in [5.41, 5.74) is 2.31. The molecule has 2 heterocycles. The van der Waals surface area contributed by atoms with Gasteiger partial charge in [-0.05, 0) is 45.6 Å². The molecule has 0 radical (unpaired) electrons. The van der Waals surface area contributed by atoms with Gasteiger partial charge in [0.05, 0.1) is 18.8 Å². The van der Waals surface area contributed by atoms with Crippen LogP contribution in [-0.2, 0) is 17.7 Å². The van der Waals surface area contributed by atoms with Crippen molar-refractivity contribution in [3.63, 3.8) is 0 Å². The number of hydrogen-bond acceptors (Lipinski definition) is 4. The van der Waals surface area contributed by atoms with E-state index in [-0.39, 0.29) is 22.0 Å². The van der Waals surface area contributed by atoms with Gasteiger partial charge in [-0.3, -0.25) is 9.69 Å². The number of carbonyl (C=O) groups excluding carboxylic acids is 1. The SMILES string of the molecule is O=C(c1cc(OC(F)F)c(F)cc1Br)N1Cc2ccccc2CC1CN1CCOCC1. The molecule has 2 aliphatic heterocycles. The highest BCUT2D eigenvalue weighted by Gasteiger charge is 2.33. The summed E-state index contributed by atoms with van der Waals surface area (Å²) in [7, 11) is 0. The van der Waals surface area contributed by atoms with Crippen LogP contribution >= 0.6 is 15.9 Å². The second-order valence-electron chi connectivity index (χ2n) is 7.61. The first-order valence-corrected chi connectivity index (χ1v) is 10.8. The smallest absolute Gasteiger partial charge is 0.387 e. The molecule has 1 atom stereocenters. The van der Waals surface area contributed by atoms with Crippen molar-refractivity contribution in [1.29, 1.82) is 0 Å². The number of hydrogen-bond donors (Lipinski definition) is 0. The van der Waals surface area contributed by atoms with Crippen LogP contribution in [0.5, 0.6) is 5.75 Å². The van der Waals surface area contributed by atoms with E-state index in [4.69, 9.17) is 4.74 Å². The van der Waals surface area contributed by atoms with E-state index in [1.807, 2.05) is 18.2 Å². The van der Waals surface area contributed by atoms with Crippen molar-refractivity contribution in [3.8, 4) is 5.75 Å². The largest absolute Gasteiger partial charge is 0.432 e. The molecule has 0 bridgehead atoms. The number of amides is 1. The van der Waals surface area contributed by atoms with Gasteiger partial charge in [0.1, 0.15) is 0 Å². The monoisotopic (exact) mass is 498 g/mol. The van der Waals surface area contributed by atoms with Crippen LogP contribution in [0.3, 0.4) is 0 Å². The molecule has 0 saturated carbocycles. The summed E-state index contributed by atoms with van der Waals surface area (Å²) in [6, 6.07) is 9.85. The minimum absolute atomic E-state index is 0.0865. The van der Waals surface area contributed by atoms with E-state index in [1.54, 1.807) is 4.90 Å². The Labute approximate surface area is 186 Å². The van der Waals surface area contributed by atoms with Gasteiger partial charge in [0, 0.05) is 36.7 Å². The zero-order chi connectivity index (χ0) is 22.0. The summed E-state index contributed by atoms with van der Waals surface area (Å²) in [6.07, 6.45) is 0.679. The van der Waals surface area contributed by atoms with Gasteiger partial charge in [-0.25, -0.2) is 4.39 Å². The van der Waals surface area contributed by atoms with Gasteiger partial charge in [0.15, 0.2) is 11.6 Å². The quantitative estimate of drug-likeness (QED) is 0.622. The molecule has 1 saturated heterocycles. The van der Waals surface area contributed by atoms with Crippen LogP contribution in [-0.4, -0.2) is 61.2 Å². The van der Waals surface area contributed by atoms with E-state index in [2.05, 4.69) is 31.6 Å². The van der Waals surface area contributed by atoms with Gasteiger partial charge >= 0.3 is 6.61 Å². The van der Waals surface area contributed by atoms with Gasteiger partial charge in [-0.1, -0.05) is 24.3 Å². The predicted octanol–water partition coefficient (Wildman–Crippen LogP) is 4.09. The van der Waals surface area contributed by atoms with E-state index < -0.39 is 18.2 Å². The van der Waals surface area contributed by atoms with Crippen LogP contribution in [0.2, 0.25) is 0 Å². The fraction of sp³-hybridized carbons (Fsp3) is 0.409. The van der Waals surface area contributed by atoms with Crippen LogP contribution in [0.1, 0.15) is 21.5 Å². The lowest BCUT2D eigenvalue weighted by molar-refractivity contribution is -0.0522. The Kier molecular flexibility index (Phi) is 6.83. The normalized spacial score (nSPS) is 19.4. The summed E-state index contributed by atoms with van der Waals surface area (Å²) < 4.78 is 49.3. The number of carbonyl (C=O) groups is 1. The molecule has 2 aromatic carbocycles. The second kappa shape index (κ2) is 9.58. The highest BCUT2D eigenvalue weighted by molar-refractivity contribution is 9.10. The standard InChI is InChI=1S/C22H22BrF3N2O3/c23-18-11-19(24)20(31-22(25)26)10-17(18)21(29)28-12-15-4-2-1-3-14(15)9-16(28)13-27-5-7-30-8-6-27/h1-4,10-11,16,22H,5-9,12-13H2. The van der Waals surface area contributed by atoms with Gasteiger partial charge in [0.2, 0.25) is 0 Å². The molecular weight excluding hydrogens is 477 g/mol. The van der Waals surface area contributed by atoms with E-state index >= 15 is 0 Å². The van der Waals surface area contributed by atoms with E-state index in [1.165, 1.54) is 5.56 Å². The topological polar surface area (TPSA) is 42.0 Å². The van der Waals surface area contributed by atoms with E-state index in [0.717, 1.165) is 30.8 Å². The molecule has 0 N–H and O–H groups in total. The average Bonchev–Trinajstić information content (AvgIpc) is 2.75. The Morgan fingerprint density at radius 2 is 1.90 bits per heavy atom. The lowest BCUT2D eigenvalue weighted by atomic mass is 9.92. The number of nitrogens with zero attached hydrogens (tertiary/aromatic N) is 2. The first kappa shape index (κ1) is 22.1. The Bertz CT molecular complexity index is 954. The number of alkyl halides is 2. The first-order valence-electron chi connectivity index (χ1n) is 10.0. The summed E-state index contributed by atoms with van der Waals surface area (Å²) in [4.78, 5) is 17.5. The van der Waals surface area contributed by atoms with Crippen molar-refractivity contribution in [2.24, 2.45) is 0 Å². The van der Waals surface area contributed by atoms with Crippen LogP contribution in [0.15, 0.2) is 40.9 Å². The molecule has 5 nitrogen and oxygen atoms in total. The Morgan fingerprint density at radius 3 is 2.61 bits per heavy atom. The minimum Gasteiger partial charge on any atom is -0.432 e. The number of benzene rings is 2. The zero-order valence-corrected chi connectivity index (χ0v) is 18.3. The molecule has 1 amide bonds. The minimum atomic E-state index is -3.19. The molecule has 166 valence electrons. The zero-order valence-electron chi connectivity index (χ0n) is 16.7. The maximum atomic E-state index is 14.0. The maximum Gasteiger partial charge on any atom is 0.387 e. The van der Waals surface area contributed by atoms with Crippen LogP contribution < -0.4 is 4.74 Å². The third kappa shape index (κ3) is 5.05. The molecule has 2 aromatic rings. The molecule has 31 heavy (non-hydrogen) atoms. The number of fused-ring (bicyclic) bond motifs is 1. The molecule has 0 aromatic heterocycles. The number of rotatable bonds is 5. The summed E-state index contributed by atoms with van der Waals surface area (Å²) >= 11 is 3.21. The van der Waals surface area contributed by atoms with Gasteiger partial charge in [-0.15, -0.1) is 0 Å². The van der Waals surface area contributed by atoms with Crippen molar-refractivity contribution in [2.75, 3.05) is 32.8 Å². The molecule has 2 aliphatic rings. The average molecular weight is 499 g/mol. The number of halogens is 4. The predicted molar refractivity (Wildman–Crippen MR) is 112 cm³/mol. The third-order valence-electron chi connectivity index (χ3n) is 5.66. The van der Waals surface area contributed by atoms with E-state index in [0.29, 0.717) is 32.7 Å². The number of ether oxygens (including phenoxy) is 2. The fourth-order valence-corrected chi connectivity index (χ4v) is 4.59. The first-order chi connectivity index (χ1) is 14.9. The lowest BCUT2D eigenvalue weighted by Crippen LogP contribution is -2.52. The lowest BCUT2D eigenvalue weighted by Gasteiger charge is -2.40. The van der Waals surface area contributed by atoms with Crippen LogP contribution in [0.4, 0.5) is 13.2 Å². The highest BCUT2D eigenvalue weighted by atomic mass is 79.9. The molecule has 4 rings (SSSR count). The summed E-state index contributed by atoms with van der Waals surface area (Å²) in [6.45, 7) is 0.736. The van der Waals surface area contributed by atoms with Crippen molar-refractivity contribution in [2.45, 2.75) is 25.6 Å². The van der Waals surface area contributed by atoms with Crippen molar-refractivity contribution < 1.29 is 27.4 Å². The third-order valence-corrected chi connectivity index (χ3v) is 6.31. The van der Waals surface area contributed by atoms with Crippen LogP contribution in [0.25, 0.3) is 0 Å². The number of morpholine rings is 1. The summed E-state index contributed by atoms with van der Waals surface area (Å²) in [5, 5.41) is 0. The van der Waals surface area contributed by atoms with Gasteiger partial charge < -0.3 is 14.4 Å². The van der Waals surface area contributed by atoms with Crippen molar-refractivity contribution in [3.05, 3.63) is 63.4 Å². The maximum absolute atomic E-state index is 14.0. The molecule has 9 heteroatoms. The second-order valence-corrected chi connectivity index (χ2v) is 8.47. The Hall–Kier alpha value is -2.10. The molecule has 1 fully saturated rings. The van der Waals surface area contributed by atoms with Gasteiger partial charge in [-0.2, -0.15) is 8.78 Å². The highest BCUT2D eigenvalue weighted by Crippen LogP contribution is 2.31. The van der Waals surface area contributed by atoms with E-state index in [9.17, 15) is 18.0 Å². The molecular formula is C22H22BrF3N2O3. The Morgan fingerprint density at radius 1 is 1.19 bits per heavy atom. The fourth-order valence-electron chi connectivity index (χ4n) is 4.10. The molecule has 0 aliphatic carbocycles. The Balaban J connectivity index is 1.65. The summed E-state index contributed by atoms with van der Waals surface area (Å²) in [5.74, 6) is -1.97.